The number of piperazine rings is 1. The highest BCUT2D eigenvalue weighted by Gasteiger charge is 2.34. The number of rotatable bonds is 3. The molecule has 0 atom stereocenters. The first-order valence-electron chi connectivity index (χ1n) is 8.89. The summed E-state index contributed by atoms with van der Waals surface area (Å²) >= 11 is 3.24. The molecule has 2 aliphatic rings. The third-order valence-electron chi connectivity index (χ3n) is 4.90. The number of amides is 1. The van der Waals surface area contributed by atoms with Crippen molar-refractivity contribution in [2.45, 2.75) is 25.7 Å². The highest BCUT2D eigenvalue weighted by Crippen LogP contribution is 2.21. The maximum absolute atomic E-state index is 13.9. The Bertz CT molecular complexity index is 759. The molecule has 1 aromatic carbocycles. The third kappa shape index (κ3) is 4.27. The van der Waals surface area contributed by atoms with Crippen LogP contribution in [-0.4, -0.2) is 67.1 Å². The highest BCUT2D eigenvalue weighted by atomic mass is 79.9. The van der Waals surface area contributed by atoms with Gasteiger partial charge in [0.15, 0.2) is 0 Å². The lowest BCUT2D eigenvalue weighted by atomic mass is 10.1. The van der Waals surface area contributed by atoms with E-state index in [1.165, 1.54) is 27.4 Å². The number of hydrogen-bond acceptors (Lipinski definition) is 3. The molecule has 26 heavy (non-hydrogen) atoms. The molecular formula is C17H23BrFN3O3S. The van der Waals surface area contributed by atoms with Gasteiger partial charge in [-0.2, -0.15) is 17.0 Å². The van der Waals surface area contributed by atoms with Crippen molar-refractivity contribution in [2.75, 3.05) is 39.3 Å². The van der Waals surface area contributed by atoms with Crippen LogP contribution < -0.4 is 0 Å². The Kier molecular flexibility index (Phi) is 6.32. The number of carbonyl (C=O) groups excluding carboxylic acids is 1. The normalized spacial score (nSPS) is 20.8. The molecule has 0 unspecified atom stereocenters. The van der Waals surface area contributed by atoms with Gasteiger partial charge in [0.25, 0.3) is 16.1 Å². The van der Waals surface area contributed by atoms with E-state index in [1.807, 2.05) is 0 Å². The second-order valence-corrected chi connectivity index (χ2v) is 9.48. The molecule has 0 N–H and O–H groups in total. The monoisotopic (exact) mass is 447 g/mol. The fourth-order valence-corrected chi connectivity index (χ4v) is 5.42. The van der Waals surface area contributed by atoms with Gasteiger partial charge < -0.3 is 4.90 Å². The molecule has 144 valence electrons. The predicted octanol–water partition coefficient (Wildman–Crippen LogP) is 2.47. The van der Waals surface area contributed by atoms with Gasteiger partial charge in [-0.25, -0.2) is 4.39 Å². The topological polar surface area (TPSA) is 60.9 Å². The summed E-state index contributed by atoms with van der Waals surface area (Å²) in [5, 5.41) is 0. The van der Waals surface area contributed by atoms with E-state index in [9.17, 15) is 17.6 Å². The molecule has 0 aliphatic carbocycles. The highest BCUT2D eigenvalue weighted by molar-refractivity contribution is 9.10. The average Bonchev–Trinajstić information content (AvgIpc) is 2.93. The van der Waals surface area contributed by atoms with Crippen LogP contribution >= 0.6 is 15.9 Å². The van der Waals surface area contributed by atoms with E-state index in [0.717, 1.165) is 25.7 Å². The van der Waals surface area contributed by atoms with Gasteiger partial charge in [0.1, 0.15) is 5.82 Å². The Morgan fingerprint density at radius 2 is 1.50 bits per heavy atom. The van der Waals surface area contributed by atoms with Gasteiger partial charge in [0.2, 0.25) is 0 Å². The SMILES string of the molecule is O=C(c1cc(Br)ccc1F)N1CCN(S(=O)(=O)N2CCCCCC2)CC1. The molecule has 9 heteroatoms. The number of nitrogens with zero attached hydrogens (tertiary/aromatic N) is 3. The fourth-order valence-electron chi connectivity index (χ4n) is 3.39. The van der Waals surface area contributed by atoms with Crippen LogP contribution in [0.15, 0.2) is 22.7 Å². The van der Waals surface area contributed by atoms with Crippen molar-refractivity contribution < 1.29 is 17.6 Å². The van der Waals surface area contributed by atoms with Crippen LogP contribution in [0, 0.1) is 5.82 Å². The summed E-state index contributed by atoms with van der Waals surface area (Å²) < 4.78 is 43.2. The van der Waals surface area contributed by atoms with E-state index in [-0.39, 0.29) is 31.7 Å². The molecule has 0 radical (unpaired) electrons. The van der Waals surface area contributed by atoms with Crippen LogP contribution in [0.3, 0.4) is 0 Å². The van der Waals surface area contributed by atoms with E-state index >= 15 is 0 Å². The van der Waals surface area contributed by atoms with E-state index in [2.05, 4.69) is 15.9 Å². The van der Waals surface area contributed by atoms with E-state index in [4.69, 9.17) is 0 Å². The summed E-state index contributed by atoms with van der Waals surface area (Å²) in [6.07, 6.45) is 3.90. The van der Waals surface area contributed by atoms with Crippen LogP contribution in [0.4, 0.5) is 4.39 Å². The van der Waals surface area contributed by atoms with Crippen LogP contribution in [0.25, 0.3) is 0 Å². The van der Waals surface area contributed by atoms with Gasteiger partial charge in [-0.15, -0.1) is 0 Å². The van der Waals surface area contributed by atoms with Gasteiger partial charge in [-0.05, 0) is 31.0 Å². The first-order chi connectivity index (χ1) is 12.4. The van der Waals surface area contributed by atoms with Crippen LogP contribution in [-0.2, 0) is 10.2 Å². The van der Waals surface area contributed by atoms with Crippen molar-refractivity contribution >= 4 is 32.0 Å². The van der Waals surface area contributed by atoms with Crippen LogP contribution in [0.1, 0.15) is 36.0 Å². The number of carbonyl (C=O) groups is 1. The van der Waals surface area contributed by atoms with Crippen molar-refractivity contribution in [3.05, 3.63) is 34.1 Å². The minimum absolute atomic E-state index is 0.00296. The first-order valence-corrected chi connectivity index (χ1v) is 11.1. The van der Waals surface area contributed by atoms with Gasteiger partial charge in [-0.3, -0.25) is 4.79 Å². The molecule has 0 bridgehead atoms. The molecule has 0 aromatic heterocycles. The minimum atomic E-state index is -3.49. The Morgan fingerprint density at radius 3 is 2.12 bits per heavy atom. The molecule has 0 spiro atoms. The van der Waals surface area contributed by atoms with Gasteiger partial charge in [0.05, 0.1) is 5.56 Å². The quantitative estimate of drug-likeness (QED) is 0.714. The fraction of sp³-hybridized carbons (Fsp3) is 0.588. The summed E-state index contributed by atoms with van der Waals surface area (Å²) in [5.41, 5.74) is 0.00296. The van der Waals surface area contributed by atoms with Crippen molar-refractivity contribution in [1.82, 2.24) is 13.5 Å². The van der Waals surface area contributed by atoms with Crippen molar-refractivity contribution in [3.63, 3.8) is 0 Å². The second kappa shape index (κ2) is 8.33. The zero-order valence-electron chi connectivity index (χ0n) is 14.5. The summed E-state index contributed by atoms with van der Waals surface area (Å²) in [7, 11) is -3.49. The molecule has 3 rings (SSSR count). The molecule has 0 saturated carbocycles. The zero-order chi connectivity index (χ0) is 18.7. The van der Waals surface area contributed by atoms with Gasteiger partial charge >= 0.3 is 0 Å². The maximum Gasteiger partial charge on any atom is 0.282 e. The predicted molar refractivity (Wildman–Crippen MR) is 101 cm³/mol. The molecule has 1 aromatic rings. The molecule has 2 aliphatic heterocycles. The first kappa shape index (κ1) is 19.7. The molecule has 2 fully saturated rings. The summed E-state index contributed by atoms with van der Waals surface area (Å²) in [6.45, 7) is 2.12. The standard InChI is InChI=1S/C17H23BrFN3O3S/c18-14-5-6-16(19)15(13-14)17(23)20-9-11-22(12-10-20)26(24,25)21-7-3-1-2-4-8-21/h5-6,13H,1-4,7-12H2. The Morgan fingerprint density at radius 1 is 0.923 bits per heavy atom. The van der Waals surface area contributed by atoms with Crippen LogP contribution in [0.2, 0.25) is 0 Å². The average molecular weight is 448 g/mol. The molecule has 6 nitrogen and oxygen atoms in total. The van der Waals surface area contributed by atoms with Crippen LogP contribution in [0.5, 0.6) is 0 Å². The maximum atomic E-state index is 13.9. The Hall–Kier alpha value is -1.03. The summed E-state index contributed by atoms with van der Waals surface area (Å²) in [6, 6.07) is 4.24. The minimum Gasteiger partial charge on any atom is -0.336 e. The smallest absolute Gasteiger partial charge is 0.282 e. The van der Waals surface area contributed by atoms with Crippen molar-refractivity contribution in [2.24, 2.45) is 0 Å². The summed E-state index contributed by atoms with van der Waals surface area (Å²) in [4.78, 5) is 14.1. The largest absolute Gasteiger partial charge is 0.336 e. The number of benzene rings is 1. The number of halogens is 2. The molecule has 2 heterocycles. The van der Waals surface area contributed by atoms with E-state index in [1.54, 1.807) is 4.31 Å². The van der Waals surface area contributed by atoms with E-state index in [0.29, 0.717) is 17.6 Å². The zero-order valence-corrected chi connectivity index (χ0v) is 16.9. The van der Waals surface area contributed by atoms with Gasteiger partial charge in [-0.1, -0.05) is 28.8 Å². The Balaban J connectivity index is 1.65. The lowest BCUT2D eigenvalue weighted by Gasteiger charge is -2.36. The van der Waals surface area contributed by atoms with Crippen molar-refractivity contribution in [1.29, 1.82) is 0 Å². The Labute approximate surface area is 162 Å². The molecule has 2 saturated heterocycles. The number of hydrogen-bond donors (Lipinski definition) is 0. The van der Waals surface area contributed by atoms with Crippen molar-refractivity contribution in [3.8, 4) is 0 Å². The third-order valence-corrected chi connectivity index (χ3v) is 7.43. The second-order valence-electron chi connectivity index (χ2n) is 6.64. The molecular weight excluding hydrogens is 425 g/mol. The molecule has 1 amide bonds. The van der Waals surface area contributed by atoms with Gasteiger partial charge in [0, 0.05) is 43.7 Å². The lowest BCUT2D eigenvalue weighted by molar-refractivity contribution is 0.0689. The summed E-state index contributed by atoms with van der Waals surface area (Å²) in [5.74, 6) is -0.978. The van der Waals surface area contributed by atoms with E-state index < -0.39 is 21.9 Å². The lowest BCUT2D eigenvalue weighted by Crippen LogP contribution is -2.54.